The predicted molar refractivity (Wildman–Crippen MR) is 103 cm³/mol. The van der Waals surface area contributed by atoms with Crippen molar-refractivity contribution in [3.8, 4) is 5.75 Å². The van der Waals surface area contributed by atoms with Crippen LogP contribution < -0.4 is 10.1 Å². The van der Waals surface area contributed by atoms with E-state index >= 15 is 0 Å². The quantitative estimate of drug-likeness (QED) is 0.519. The van der Waals surface area contributed by atoms with E-state index in [9.17, 15) is 19.2 Å². The monoisotopic (exact) mass is 392 g/mol. The number of amides is 2. The Morgan fingerprint density at radius 1 is 1.18 bits per heavy atom. The maximum atomic E-state index is 12.5. The fourth-order valence-electron chi connectivity index (χ4n) is 2.53. The van der Waals surface area contributed by atoms with Gasteiger partial charge >= 0.3 is 5.97 Å². The number of para-hydroxylation sites is 1. The molecule has 0 saturated heterocycles. The molecule has 0 aliphatic heterocycles. The van der Waals surface area contributed by atoms with E-state index in [1.807, 2.05) is 30.3 Å². The Hall–Kier alpha value is -2.90. The van der Waals surface area contributed by atoms with Crippen molar-refractivity contribution in [3.05, 3.63) is 30.3 Å². The van der Waals surface area contributed by atoms with Gasteiger partial charge in [-0.2, -0.15) is 0 Å². The van der Waals surface area contributed by atoms with Gasteiger partial charge in [0.1, 0.15) is 18.6 Å². The maximum absolute atomic E-state index is 12.5. The normalized spacial score (nSPS) is 12.7. The number of aliphatic carboxylic acids is 1. The first-order chi connectivity index (χ1) is 13.2. The standard InChI is InChI=1S/C20H28N2O6/c1-14(2)17(20(27)21-15(13-23)11-19(25)26)12-18(24)22(3)9-10-28-16-7-5-4-6-8-16/h4-8,13-15,17H,9-12H2,1-3H3,(H,21,27)(H,25,26). The van der Waals surface area contributed by atoms with E-state index in [4.69, 9.17) is 9.84 Å². The lowest BCUT2D eigenvalue weighted by Crippen LogP contribution is -2.44. The molecule has 2 amide bonds. The number of aldehydes is 1. The number of carboxylic acid groups (broad SMARTS) is 1. The number of hydrogen-bond acceptors (Lipinski definition) is 5. The molecule has 2 N–H and O–H groups in total. The molecule has 1 rings (SSSR count). The lowest BCUT2D eigenvalue weighted by molar-refractivity contribution is -0.140. The lowest BCUT2D eigenvalue weighted by atomic mass is 9.90. The lowest BCUT2D eigenvalue weighted by Gasteiger charge is -2.24. The zero-order valence-corrected chi connectivity index (χ0v) is 16.5. The van der Waals surface area contributed by atoms with Gasteiger partial charge in [0.15, 0.2) is 0 Å². The average Bonchev–Trinajstić information content (AvgIpc) is 2.65. The number of ether oxygens (including phenoxy) is 1. The third kappa shape index (κ3) is 8.20. The van der Waals surface area contributed by atoms with Crippen molar-refractivity contribution in [2.24, 2.45) is 11.8 Å². The molecule has 0 saturated carbocycles. The van der Waals surface area contributed by atoms with Gasteiger partial charge in [0.05, 0.1) is 19.0 Å². The molecule has 0 aliphatic rings. The molecule has 154 valence electrons. The molecule has 0 fully saturated rings. The first kappa shape index (κ1) is 23.1. The van der Waals surface area contributed by atoms with E-state index in [-0.39, 0.29) is 18.2 Å². The van der Waals surface area contributed by atoms with Crippen LogP contribution in [-0.2, 0) is 19.2 Å². The summed E-state index contributed by atoms with van der Waals surface area (Å²) in [7, 11) is 1.63. The molecular formula is C20H28N2O6. The van der Waals surface area contributed by atoms with Gasteiger partial charge in [0, 0.05) is 19.4 Å². The molecule has 28 heavy (non-hydrogen) atoms. The minimum absolute atomic E-state index is 0.0377. The Labute approximate surface area is 164 Å². The molecule has 2 atom stereocenters. The second kappa shape index (κ2) is 11.7. The summed E-state index contributed by atoms with van der Waals surface area (Å²) >= 11 is 0. The molecule has 8 nitrogen and oxygen atoms in total. The number of carbonyl (C=O) groups is 4. The molecule has 0 heterocycles. The van der Waals surface area contributed by atoms with E-state index in [2.05, 4.69) is 5.32 Å². The highest BCUT2D eigenvalue weighted by atomic mass is 16.5. The van der Waals surface area contributed by atoms with Gasteiger partial charge < -0.3 is 24.9 Å². The highest BCUT2D eigenvalue weighted by Gasteiger charge is 2.28. The molecule has 1 aromatic rings. The fourth-order valence-corrected chi connectivity index (χ4v) is 2.53. The Bertz CT molecular complexity index is 662. The molecule has 2 unspecified atom stereocenters. The number of benzene rings is 1. The van der Waals surface area contributed by atoms with Crippen molar-refractivity contribution < 1.29 is 29.0 Å². The Balaban J connectivity index is 2.56. The van der Waals surface area contributed by atoms with Crippen LogP contribution in [0.4, 0.5) is 0 Å². The summed E-state index contributed by atoms with van der Waals surface area (Å²) in [4.78, 5) is 48.1. The molecule has 0 aromatic heterocycles. The van der Waals surface area contributed by atoms with E-state index in [0.717, 1.165) is 0 Å². The van der Waals surface area contributed by atoms with Crippen molar-refractivity contribution in [1.29, 1.82) is 0 Å². The van der Waals surface area contributed by atoms with Crippen LogP contribution in [0, 0.1) is 11.8 Å². The molecule has 0 bridgehead atoms. The molecular weight excluding hydrogens is 364 g/mol. The van der Waals surface area contributed by atoms with Crippen LogP contribution >= 0.6 is 0 Å². The molecule has 0 aliphatic carbocycles. The van der Waals surface area contributed by atoms with Gasteiger partial charge in [-0.05, 0) is 18.1 Å². The predicted octanol–water partition coefficient (Wildman–Crippen LogP) is 1.34. The first-order valence-corrected chi connectivity index (χ1v) is 9.13. The van der Waals surface area contributed by atoms with Crippen molar-refractivity contribution in [2.45, 2.75) is 32.7 Å². The summed E-state index contributed by atoms with van der Waals surface area (Å²) in [6, 6.07) is 8.12. The summed E-state index contributed by atoms with van der Waals surface area (Å²) < 4.78 is 5.56. The fraction of sp³-hybridized carbons (Fsp3) is 0.500. The molecule has 0 radical (unpaired) electrons. The largest absolute Gasteiger partial charge is 0.492 e. The number of hydrogen-bond donors (Lipinski definition) is 2. The average molecular weight is 392 g/mol. The summed E-state index contributed by atoms with van der Waals surface area (Å²) in [5.74, 6) is -2.04. The highest BCUT2D eigenvalue weighted by molar-refractivity contribution is 5.88. The van der Waals surface area contributed by atoms with E-state index in [1.54, 1.807) is 20.9 Å². The zero-order chi connectivity index (χ0) is 21.1. The van der Waals surface area contributed by atoms with Gasteiger partial charge in [0.2, 0.25) is 11.8 Å². The minimum Gasteiger partial charge on any atom is -0.492 e. The van der Waals surface area contributed by atoms with E-state index in [0.29, 0.717) is 25.2 Å². The summed E-state index contributed by atoms with van der Waals surface area (Å²) in [5.41, 5.74) is 0. The summed E-state index contributed by atoms with van der Waals surface area (Å²) in [6.45, 7) is 4.26. The van der Waals surface area contributed by atoms with Crippen LogP contribution in [0.5, 0.6) is 5.75 Å². The molecule has 1 aromatic carbocycles. The second-order valence-corrected chi connectivity index (χ2v) is 6.88. The smallest absolute Gasteiger partial charge is 0.305 e. The third-order valence-corrected chi connectivity index (χ3v) is 4.29. The SMILES string of the molecule is CC(C)C(CC(=O)N(C)CCOc1ccccc1)C(=O)NC(C=O)CC(=O)O. The van der Waals surface area contributed by atoms with Gasteiger partial charge in [-0.3, -0.25) is 14.4 Å². The van der Waals surface area contributed by atoms with Crippen LogP contribution in [0.1, 0.15) is 26.7 Å². The maximum Gasteiger partial charge on any atom is 0.305 e. The van der Waals surface area contributed by atoms with Crippen LogP contribution in [0.25, 0.3) is 0 Å². The number of rotatable bonds is 12. The Morgan fingerprint density at radius 3 is 2.36 bits per heavy atom. The van der Waals surface area contributed by atoms with Gasteiger partial charge in [-0.25, -0.2) is 0 Å². The second-order valence-electron chi connectivity index (χ2n) is 6.88. The number of nitrogens with zero attached hydrogens (tertiary/aromatic N) is 1. The number of carbonyl (C=O) groups excluding carboxylic acids is 3. The van der Waals surface area contributed by atoms with Crippen molar-refractivity contribution in [3.63, 3.8) is 0 Å². The van der Waals surface area contributed by atoms with Crippen LogP contribution in [0.3, 0.4) is 0 Å². The third-order valence-electron chi connectivity index (χ3n) is 4.29. The van der Waals surface area contributed by atoms with Crippen molar-refractivity contribution in [2.75, 3.05) is 20.2 Å². The summed E-state index contributed by atoms with van der Waals surface area (Å²) in [5, 5.41) is 11.2. The first-order valence-electron chi connectivity index (χ1n) is 9.13. The Morgan fingerprint density at radius 2 is 1.82 bits per heavy atom. The summed E-state index contributed by atoms with van der Waals surface area (Å²) in [6.07, 6.45) is -0.146. The van der Waals surface area contributed by atoms with Gasteiger partial charge in [-0.15, -0.1) is 0 Å². The minimum atomic E-state index is -1.19. The Kier molecular flexibility index (Phi) is 9.70. The van der Waals surface area contributed by atoms with Gasteiger partial charge in [0.25, 0.3) is 0 Å². The van der Waals surface area contributed by atoms with Crippen LogP contribution in [0.15, 0.2) is 30.3 Å². The number of carboxylic acids is 1. The van der Waals surface area contributed by atoms with Crippen molar-refractivity contribution >= 4 is 24.1 Å². The number of likely N-dealkylation sites (N-methyl/N-ethyl adjacent to an activating group) is 1. The highest BCUT2D eigenvalue weighted by Crippen LogP contribution is 2.17. The van der Waals surface area contributed by atoms with Gasteiger partial charge in [-0.1, -0.05) is 32.0 Å². The topological polar surface area (TPSA) is 113 Å². The van der Waals surface area contributed by atoms with Crippen LogP contribution in [-0.4, -0.2) is 60.3 Å². The van der Waals surface area contributed by atoms with Crippen molar-refractivity contribution in [1.82, 2.24) is 10.2 Å². The zero-order valence-electron chi connectivity index (χ0n) is 16.5. The molecule has 0 spiro atoms. The van der Waals surface area contributed by atoms with E-state index < -0.39 is 30.3 Å². The number of nitrogens with one attached hydrogen (secondary N) is 1. The van der Waals surface area contributed by atoms with E-state index in [1.165, 1.54) is 4.90 Å². The van der Waals surface area contributed by atoms with Crippen LogP contribution in [0.2, 0.25) is 0 Å². The molecule has 8 heteroatoms.